The van der Waals surface area contributed by atoms with Crippen LogP contribution in [0.2, 0.25) is 0 Å². The molecule has 0 N–H and O–H groups in total. The average molecular weight is 348 g/mol. The highest BCUT2D eigenvalue weighted by molar-refractivity contribution is 5.78. The third kappa shape index (κ3) is 4.07. The summed E-state index contributed by atoms with van der Waals surface area (Å²) in [6.07, 6.45) is 0. The summed E-state index contributed by atoms with van der Waals surface area (Å²) in [6.45, 7) is 6.06. The van der Waals surface area contributed by atoms with E-state index in [2.05, 4.69) is 10.2 Å². The number of hydrogen-bond acceptors (Lipinski definition) is 6. The molecule has 1 aliphatic rings. The Morgan fingerprint density at radius 3 is 2.60 bits per heavy atom. The summed E-state index contributed by atoms with van der Waals surface area (Å²) in [4.78, 5) is 15.9. The Kier molecular flexibility index (Phi) is 5.16. The second kappa shape index (κ2) is 7.50. The molecule has 1 aromatic heterocycles. The molecule has 1 saturated heterocycles. The van der Waals surface area contributed by atoms with Crippen LogP contribution in [0.3, 0.4) is 0 Å². The van der Waals surface area contributed by atoms with Gasteiger partial charge in [0.1, 0.15) is 0 Å². The number of aromatic nitrogens is 2. The van der Waals surface area contributed by atoms with Gasteiger partial charge >= 0.3 is 6.01 Å². The summed E-state index contributed by atoms with van der Waals surface area (Å²) in [5, 5.41) is 8.08. The highest BCUT2D eigenvalue weighted by atomic mass is 19.1. The number of amides is 1. The molecular formula is C17H21FN4O3. The van der Waals surface area contributed by atoms with Gasteiger partial charge in [-0.15, -0.1) is 5.10 Å². The number of rotatable bonds is 5. The highest BCUT2D eigenvalue weighted by Gasteiger charge is 2.25. The first-order valence-corrected chi connectivity index (χ1v) is 8.28. The Balaban J connectivity index is 1.49. The molecule has 8 heteroatoms. The topological polar surface area (TPSA) is 71.7 Å². The lowest BCUT2D eigenvalue weighted by molar-refractivity contribution is -0.133. The molecule has 3 rings (SSSR count). The Labute approximate surface area is 145 Å². The van der Waals surface area contributed by atoms with Crippen molar-refractivity contribution in [1.29, 1.82) is 0 Å². The van der Waals surface area contributed by atoms with E-state index in [-0.39, 0.29) is 24.2 Å². The van der Waals surface area contributed by atoms with E-state index in [1.54, 1.807) is 17.0 Å². The van der Waals surface area contributed by atoms with E-state index in [1.807, 2.05) is 18.7 Å². The van der Waals surface area contributed by atoms with E-state index in [0.717, 1.165) is 0 Å². The zero-order valence-corrected chi connectivity index (χ0v) is 14.3. The number of benzene rings is 1. The summed E-state index contributed by atoms with van der Waals surface area (Å²) < 4.78 is 24.4. The highest BCUT2D eigenvalue weighted by Crippen LogP contribution is 2.20. The fourth-order valence-corrected chi connectivity index (χ4v) is 2.53. The second-order valence-electron chi connectivity index (χ2n) is 6.16. The first-order chi connectivity index (χ1) is 12.0. The van der Waals surface area contributed by atoms with Crippen molar-refractivity contribution in [3.05, 3.63) is 36.0 Å². The van der Waals surface area contributed by atoms with Crippen LogP contribution < -0.4 is 9.64 Å². The number of carbonyl (C=O) groups is 1. The van der Waals surface area contributed by atoms with Gasteiger partial charge in [-0.2, -0.15) is 0 Å². The fourth-order valence-electron chi connectivity index (χ4n) is 2.53. The maximum atomic E-state index is 13.5. The van der Waals surface area contributed by atoms with Gasteiger partial charge in [0, 0.05) is 32.1 Å². The van der Waals surface area contributed by atoms with Crippen molar-refractivity contribution in [2.45, 2.75) is 19.8 Å². The summed E-state index contributed by atoms with van der Waals surface area (Å²) >= 11 is 0. The van der Waals surface area contributed by atoms with Crippen LogP contribution >= 0.6 is 0 Å². The van der Waals surface area contributed by atoms with Crippen LogP contribution in [0.15, 0.2) is 28.7 Å². The lowest BCUT2D eigenvalue weighted by Gasteiger charge is -2.33. The number of halogens is 1. The molecule has 0 radical (unpaired) electrons. The SMILES string of the molecule is CC(C)c1nnc(N2CCN(C(=O)COc3ccccc3F)CC2)o1. The Morgan fingerprint density at radius 2 is 1.96 bits per heavy atom. The van der Waals surface area contributed by atoms with Gasteiger partial charge in [0.2, 0.25) is 5.89 Å². The molecule has 25 heavy (non-hydrogen) atoms. The molecule has 0 bridgehead atoms. The number of ether oxygens (including phenoxy) is 1. The van der Waals surface area contributed by atoms with Crippen molar-refractivity contribution in [1.82, 2.24) is 15.1 Å². The quantitative estimate of drug-likeness (QED) is 0.824. The van der Waals surface area contributed by atoms with E-state index in [9.17, 15) is 9.18 Å². The van der Waals surface area contributed by atoms with Gasteiger partial charge < -0.3 is 19.0 Å². The van der Waals surface area contributed by atoms with Crippen molar-refractivity contribution in [2.24, 2.45) is 0 Å². The zero-order chi connectivity index (χ0) is 17.8. The summed E-state index contributed by atoms with van der Waals surface area (Å²) in [7, 11) is 0. The number of para-hydroxylation sites is 1. The molecule has 2 aromatic rings. The van der Waals surface area contributed by atoms with E-state index in [1.165, 1.54) is 12.1 Å². The molecule has 1 amide bonds. The van der Waals surface area contributed by atoms with Crippen molar-refractivity contribution in [3.8, 4) is 5.75 Å². The summed E-state index contributed by atoms with van der Waals surface area (Å²) in [6, 6.07) is 6.53. The molecule has 0 spiro atoms. The molecule has 0 atom stereocenters. The standard InChI is InChI=1S/C17H21FN4O3/c1-12(2)16-19-20-17(25-16)22-9-7-21(8-10-22)15(23)11-24-14-6-4-3-5-13(14)18/h3-6,12H,7-11H2,1-2H3. The first-order valence-electron chi connectivity index (χ1n) is 8.28. The minimum Gasteiger partial charge on any atom is -0.481 e. The predicted molar refractivity (Wildman–Crippen MR) is 89.1 cm³/mol. The van der Waals surface area contributed by atoms with Gasteiger partial charge in [-0.25, -0.2) is 4.39 Å². The van der Waals surface area contributed by atoms with Gasteiger partial charge in [0.25, 0.3) is 5.91 Å². The number of anilines is 1. The van der Waals surface area contributed by atoms with Gasteiger partial charge in [0.05, 0.1) is 0 Å². The third-order valence-corrected chi connectivity index (χ3v) is 4.01. The van der Waals surface area contributed by atoms with Crippen LogP contribution in [-0.2, 0) is 4.79 Å². The lowest BCUT2D eigenvalue weighted by Crippen LogP contribution is -2.50. The maximum absolute atomic E-state index is 13.5. The van der Waals surface area contributed by atoms with E-state index < -0.39 is 5.82 Å². The monoisotopic (exact) mass is 348 g/mol. The largest absolute Gasteiger partial charge is 0.481 e. The number of hydrogen-bond donors (Lipinski definition) is 0. The zero-order valence-electron chi connectivity index (χ0n) is 14.3. The van der Waals surface area contributed by atoms with Gasteiger partial charge in [-0.1, -0.05) is 31.1 Å². The van der Waals surface area contributed by atoms with Crippen LogP contribution in [0.4, 0.5) is 10.4 Å². The fraction of sp³-hybridized carbons (Fsp3) is 0.471. The van der Waals surface area contributed by atoms with Crippen molar-refractivity contribution in [2.75, 3.05) is 37.7 Å². The Morgan fingerprint density at radius 1 is 1.24 bits per heavy atom. The molecule has 0 saturated carbocycles. The third-order valence-electron chi connectivity index (χ3n) is 4.01. The first kappa shape index (κ1) is 17.2. The molecule has 134 valence electrons. The molecule has 2 heterocycles. The van der Waals surface area contributed by atoms with Gasteiger partial charge in [-0.3, -0.25) is 4.79 Å². The average Bonchev–Trinajstić information content (AvgIpc) is 3.11. The van der Waals surface area contributed by atoms with Crippen LogP contribution in [0.5, 0.6) is 5.75 Å². The van der Waals surface area contributed by atoms with Crippen molar-refractivity contribution in [3.63, 3.8) is 0 Å². The van der Waals surface area contributed by atoms with E-state index in [4.69, 9.17) is 9.15 Å². The number of nitrogens with zero attached hydrogens (tertiary/aromatic N) is 4. The summed E-state index contributed by atoms with van der Waals surface area (Å²) in [5.41, 5.74) is 0. The van der Waals surface area contributed by atoms with Crippen LogP contribution in [-0.4, -0.2) is 53.8 Å². The lowest BCUT2D eigenvalue weighted by atomic mass is 10.2. The molecular weight excluding hydrogens is 327 g/mol. The molecule has 0 aliphatic carbocycles. The van der Waals surface area contributed by atoms with Crippen LogP contribution in [0.25, 0.3) is 0 Å². The van der Waals surface area contributed by atoms with Gasteiger partial charge in [-0.05, 0) is 12.1 Å². The maximum Gasteiger partial charge on any atom is 0.318 e. The van der Waals surface area contributed by atoms with Gasteiger partial charge in [0.15, 0.2) is 18.2 Å². The van der Waals surface area contributed by atoms with Crippen molar-refractivity contribution < 1.29 is 18.3 Å². The predicted octanol–water partition coefficient (Wildman–Crippen LogP) is 2.06. The smallest absolute Gasteiger partial charge is 0.318 e. The number of carbonyl (C=O) groups excluding carboxylic acids is 1. The minimum atomic E-state index is -0.475. The summed E-state index contributed by atoms with van der Waals surface area (Å²) in [5.74, 6) is 0.224. The van der Waals surface area contributed by atoms with Crippen molar-refractivity contribution >= 4 is 11.9 Å². The van der Waals surface area contributed by atoms with Crippen LogP contribution in [0, 0.1) is 5.82 Å². The molecule has 0 unspecified atom stereocenters. The Bertz CT molecular complexity index is 726. The molecule has 1 aliphatic heterocycles. The minimum absolute atomic E-state index is 0.0848. The normalized spacial score (nSPS) is 14.9. The molecule has 1 aromatic carbocycles. The molecule has 1 fully saturated rings. The Hall–Kier alpha value is -2.64. The second-order valence-corrected chi connectivity index (χ2v) is 6.16. The van der Waals surface area contributed by atoms with E-state index in [0.29, 0.717) is 38.1 Å². The van der Waals surface area contributed by atoms with Crippen LogP contribution in [0.1, 0.15) is 25.7 Å². The molecule has 7 nitrogen and oxygen atoms in total. The van der Waals surface area contributed by atoms with E-state index >= 15 is 0 Å². The number of piperazine rings is 1.